The number of nitrogens with zero attached hydrogens (tertiary/aromatic N) is 1. The molecule has 1 aromatic rings. The Morgan fingerprint density at radius 1 is 1.33 bits per heavy atom. The number of nitro benzene ring substituents is 1. The van der Waals surface area contributed by atoms with Crippen LogP contribution in [0.2, 0.25) is 0 Å². The fraction of sp³-hybridized carbons (Fsp3) is 0.500. The average Bonchev–Trinajstić information content (AvgIpc) is 2.83. The van der Waals surface area contributed by atoms with E-state index < -0.39 is 16.4 Å². The second kappa shape index (κ2) is 5.20. The fourth-order valence-corrected chi connectivity index (χ4v) is 2.10. The van der Waals surface area contributed by atoms with Gasteiger partial charge in [0.2, 0.25) is 5.82 Å². The number of hydrogen-bond donors (Lipinski definition) is 0. The molecule has 0 amide bonds. The maximum absolute atomic E-state index is 13.4. The Morgan fingerprint density at radius 3 is 2.56 bits per heavy atom. The van der Waals surface area contributed by atoms with Crippen LogP contribution in [0, 0.1) is 15.9 Å². The lowest BCUT2D eigenvalue weighted by atomic mass is 10.2. The molecule has 0 aliphatic heterocycles. The van der Waals surface area contributed by atoms with E-state index >= 15 is 0 Å². The normalized spacial score (nSPS) is 15.7. The van der Waals surface area contributed by atoms with Crippen LogP contribution in [0.25, 0.3) is 0 Å². The zero-order chi connectivity index (χ0) is 13.1. The summed E-state index contributed by atoms with van der Waals surface area (Å²) in [5.74, 6) is -0.502. The van der Waals surface area contributed by atoms with Gasteiger partial charge in [-0.1, -0.05) is 0 Å². The van der Waals surface area contributed by atoms with E-state index in [1.165, 1.54) is 7.11 Å². The van der Waals surface area contributed by atoms with Gasteiger partial charge in [0.25, 0.3) is 0 Å². The third-order valence-electron chi connectivity index (χ3n) is 3.03. The van der Waals surface area contributed by atoms with Crippen LogP contribution in [-0.4, -0.2) is 18.1 Å². The van der Waals surface area contributed by atoms with Gasteiger partial charge < -0.3 is 9.47 Å². The molecule has 2 rings (SSSR count). The van der Waals surface area contributed by atoms with Gasteiger partial charge in [-0.2, -0.15) is 4.39 Å². The van der Waals surface area contributed by atoms with Gasteiger partial charge in [0, 0.05) is 6.07 Å². The summed E-state index contributed by atoms with van der Waals surface area (Å²) in [4.78, 5) is 9.91. The van der Waals surface area contributed by atoms with Crippen molar-refractivity contribution in [3.8, 4) is 11.5 Å². The zero-order valence-electron chi connectivity index (χ0n) is 10.0. The van der Waals surface area contributed by atoms with Gasteiger partial charge in [-0.25, -0.2) is 0 Å². The molecule has 1 aromatic carbocycles. The Hall–Kier alpha value is -1.85. The van der Waals surface area contributed by atoms with Crippen molar-refractivity contribution in [1.82, 2.24) is 0 Å². The lowest BCUT2D eigenvalue weighted by Crippen LogP contribution is -2.12. The topological polar surface area (TPSA) is 61.6 Å². The first-order chi connectivity index (χ1) is 8.61. The van der Waals surface area contributed by atoms with Crippen LogP contribution in [0.1, 0.15) is 25.7 Å². The smallest absolute Gasteiger partial charge is 0.308 e. The van der Waals surface area contributed by atoms with Crippen LogP contribution >= 0.6 is 0 Å². The molecule has 1 aliphatic carbocycles. The van der Waals surface area contributed by atoms with Gasteiger partial charge in [0.1, 0.15) is 0 Å². The third kappa shape index (κ3) is 2.52. The number of benzene rings is 1. The summed E-state index contributed by atoms with van der Waals surface area (Å²) in [6.07, 6.45) is 4.01. The lowest BCUT2D eigenvalue weighted by molar-refractivity contribution is -0.387. The van der Waals surface area contributed by atoms with Gasteiger partial charge >= 0.3 is 5.69 Å². The molecule has 0 aromatic heterocycles. The van der Waals surface area contributed by atoms with Gasteiger partial charge in [-0.15, -0.1) is 0 Å². The van der Waals surface area contributed by atoms with Crippen molar-refractivity contribution < 1.29 is 18.8 Å². The van der Waals surface area contributed by atoms with E-state index in [-0.39, 0.29) is 17.6 Å². The molecule has 1 saturated carbocycles. The maximum atomic E-state index is 13.4. The van der Waals surface area contributed by atoms with Crippen LogP contribution in [0.5, 0.6) is 11.5 Å². The largest absolute Gasteiger partial charge is 0.493 e. The maximum Gasteiger partial charge on any atom is 0.308 e. The molecule has 1 fully saturated rings. The first-order valence-electron chi connectivity index (χ1n) is 5.80. The van der Waals surface area contributed by atoms with Gasteiger partial charge in [-0.3, -0.25) is 10.1 Å². The molecule has 1 aliphatic rings. The Morgan fingerprint density at radius 2 is 2.00 bits per heavy atom. The molecule has 0 heterocycles. The molecule has 18 heavy (non-hydrogen) atoms. The number of nitro groups is 1. The molecule has 0 N–H and O–H groups in total. The first kappa shape index (κ1) is 12.6. The molecule has 0 bridgehead atoms. The number of rotatable bonds is 4. The number of ether oxygens (including phenoxy) is 2. The summed E-state index contributed by atoms with van der Waals surface area (Å²) in [6, 6.07) is 2.08. The summed E-state index contributed by atoms with van der Waals surface area (Å²) in [5, 5.41) is 10.7. The number of methoxy groups -OCH3 is 1. The fourth-order valence-electron chi connectivity index (χ4n) is 2.10. The van der Waals surface area contributed by atoms with Crippen molar-refractivity contribution >= 4 is 5.69 Å². The molecule has 0 saturated heterocycles. The highest BCUT2D eigenvalue weighted by Gasteiger charge is 2.23. The average molecular weight is 255 g/mol. The van der Waals surface area contributed by atoms with Crippen LogP contribution in [0.3, 0.4) is 0 Å². The van der Waals surface area contributed by atoms with Crippen LogP contribution < -0.4 is 9.47 Å². The third-order valence-corrected chi connectivity index (χ3v) is 3.03. The SMILES string of the molecule is COc1cc(F)c([N+](=O)[O-])cc1OC1CCCC1. The Balaban J connectivity index is 2.30. The predicted molar refractivity (Wildman–Crippen MR) is 62.5 cm³/mol. The summed E-state index contributed by atoms with van der Waals surface area (Å²) < 4.78 is 24.0. The summed E-state index contributed by atoms with van der Waals surface area (Å²) in [5.41, 5.74) is -0.594. The predicted octanol–water partition coefficient (Wildman–Crippen LogP) is 3.06. The van der Waals surface area contributed by atoms with E-state index in [1.807, 2.05) is 0 Å². The number of halogens is 1. The summed E-state index contributed by atoms with van der Waals surface area (Å²) in [7, 11) is 1.38. The van der Waals surface area contributed by atoms with Crippen molar-refractivity contribution in [2.75, 3.05) is 7.11 Å². The molecule has 6 heteroatoms. The molecule has 0 radical (unpaired) electrons. The lowest BCUT2D eigenvalue weighted by Gasteiger charge is -2.15. The molecule has 5 nitrogen and oxygen atoms in total. The molecule has 0 unspecified atom stereocenters. The minimum absolute atomic E-state index is 0.0314. The van der Waals surface area contributed by atoms with Gasteiger partial charge in [0.05, 0.1) is 24.2 Å². The van der Waals surface area contributed by atoms with Crippen molar-refractivity contribution in [2.24, 2.45) is 0 Å². The molecule has 0 atom stereocenters. The van der Waals surface area contributed by atoms with E-state index in [0.29, 0.717) is 0 Å². The van der Waals surface area contributed by atoms with Crippen LogP contribution in [0.4, 0.5) is 10.1 Å². The Bertz CT molecular complexity index is 458. The Kier molecular flexibility index (Phi) is 3.64. The molecular weight excluding hydrogens is 241 g/mol. The molecular formula is C12H14FNO4. The Labute approximate surface area is 104 Å². The molecule has 98 valence electrons. The van der Waals surface area contributed by atoms with E-state index in [2.05, 4.69) is 0 Å². The van der Waals surface area contributed by atoms with Crippen molar-refractivity contribution in [3.05, 3.63) is 28.1 Å². The van der Waals surface area contributed by atoms with Crippen molar-refractivity contribution in [2.45, 2.75) is 31.8 Å². The van der Waals surface area contributed by atoms with E-state index in [4.69, 9.17) is 9.47 Å². The highest BCUT2D eigenvalue weighted by Crippen LogP contribution is 2.36. The van der Waals surface area contributed by atoms with E-state index in [1.54, 1.807) is 0 Å². The van der Waals surface area contributed by atoms with Gasteiger partial charge in [-0.05, 0) is 25.7 Å². The highest BCUT2D eigenvalue weighted by molar-refractivity contribution is 5.49. The minimum Gasteiger partial charge on any atom is -0.493 e. The van der Waals surface area contributed by atoms with E-state index in [0.717, 1.165) is 37.8 Å². The standard InChI is InChI=1S/C12H14FNO4/c1-17-11-6-9(13)10(14(15)16)7-12(11)18-8-4-2-3-5-8/h6-8H,2-5H2,1H3. The number of hydrogen-bond acceptors (Lipinski definition) is 4. The zero-order valence-corrected chi connectivity index (χ0v) is 10.0. The quantitative estimate of drug-likeness (QED) is 0.612. The van der Waals surface area contributed by atoms with Crippen molar-refractivity contribution in [3.63, 3.8) is 0 Å². The highest BCUT2D eigenvalue weighted by atomic mass is 19.1. The molecule has 0 spiro atoms. The van der Waals surface area contributed by atoms with E-state index in [9.17, 15) is 14.5 Å². The second-order valence-electron chi connectivity index (χ2n) is 4.24. The van der Waals surface area contributed by atoms with Crippen LogP contribution in [-0.2, 0) is 0 Å². The monoisotopic (exact) mass is 255 g/mol. The summed E-state index contributed by atoms with van der Waals surface area (Å²) >= 11 is 0. The second-order valence-corrected chi connectivity index (χ2v) is 4.24. The summed E-state index contributed by atoms with van der Waals surface area (Å²) in [6.45, 7) is 0. The minimum atomic E-state index is -0.921. The van der Waals surface area contributed by atoms with Crippen molar-refractivity contribution in [1.29, 1.82) is 0 Å². The van der Waals surface area contributed by atoms with Crippen LogP contribution in [0.15, 0.2) is 12.1 Å². The first-order valence-corrected chi connectivity index (χ1v) is 5.80. The van der Waals surface area contributed by atoms with Gasteiger partial charge in [0.15, 0.2) is 11.5 Å².